The molecule has 2 aliphatic heterocycles. The van der Waals surface area contributed by atoms with E-state index in [9.17, 15) is 0 Å². The number of ether oxygens (including phenoxy) is 1. The van der Waals surface area contributed by atoms with Crippen LogP contribution in [0.3, 0.4) is 0 Å². The minimum absolute atomic E-state index is 0.357. The van der Waals surface area contributed by atoms with Gasteiger partial charge in [-0.15, -0.1) is 0 Å². The number of hydrogen-bond acceptors (Lipinski definition) is 4. The Balaban J connectivity index is 1.58. The van der Waals surface area contributed by atoms with Gasteiger partial charge >= 0.3 is 0 Å². The first-order valence-corrected chi connectivity index (χ1v) is 8.43. The lowest BCUT2D eigenvalue weighted by molar-refractivity contribution is 0.268. The third-order valence-corrected chi connectivity index (χ3v) is 4.26. The predicted molar refractivity (Wildman–Crippen MR) is 93.8 cm³/mol. The molecule has 23 heavy (non-hydrogen) atoms. The van der Waals surface area contributed by atoms with Gasteiger partial charge in [0.05, 0.1) is 12.2 Å². The highest BCUT2D eigenvalue weighted by Gasteiger charge is 2.22. The molecule has 0 spiro atoms. The van der Waals surface area contributed by atoms with Crippen LogP contribution in [0.4, 0.5) is 0 Å². The Hall–Kier alpha value is -2.23. The monoisotopic (exact) mass is 309 g/mol. The molecule has 3 heterocycles. The van der Waals surface area contributed by atoms with Crippen molar-refractivity contribution >= 4 is 12.1 Å². The molecule has 0 radical (unpaired) electrons. The van der Waals surface area contributed by atoms with Crippen molar-refractivity contribution in [3.63, 3.8) is 0 Å². The van der Waals surface area contributed by atoms with Gasteiger partial charge < -0.3 is 4.74 Å². The van der Waals surface area contributed by atoms with Crippen LogP contribution in [-0.2, 0) is 4.74 Å². The number of fused-ring (bicyclic) bond motifs is 1. The number of unbranched alkanes of at least 4 members (excludes halogenated alkanes) is 3. The van der Waals surface area contributed by atoms with Crippen molar-refractivity contribution < 1.29 is 4.74 Å². The fraction of sp³-hybridized carbons (Fsp3) is 0.421. The predicted octanol–water partition coefficient (Wildman–Crippen LogP) is 4.42. The number of nitrogens with zero attached hydrogens (tertiary/aromatic N) is 3. The molecule has 0 bridgehead atoms. The zero-order valence-corrected chi connectivity index (χ0v) is 13.6. The lowest BCUT2D eigenvalue weighted by atomic mass is 9.95. The quantitative estimate of drug-likeness (QED) is 0.667. The molecule has 1 unspecified atom stereocenters. The summed E-state index contributed by atoms with van der Waals surface area (Å²) in [6.45, 7) is 2.87. The average molecular weight is 309 g/mol. The first kappa shape index (κ1) is 15.7. The van der Waals surface area contributed by atoms with Crippen molar-refractivity contribution in [1.29, 1.82) is 0 Å². The summed E-state index contributed by atoms with van der Waals surface area (Å²) in [5, 5.41) is 0. The van der Waals surface area contributed by atoms with E-state index in [0.717, 1.165) is 17.6 Å². The molecule has 4 nitrogen and oxygen atoms in total. The van der Waals surface area contributed by atoms with Crippen LogP contribution in [0.25, 0.3) is 0 Å². The van der Waals surface area contributed by atoms with Gasteiger partial charge in [0.2, 0.25) is 5.90 Å². The van der Waals surface area contributed by atoms with Crippen LogP contribution in [-0.4, -0.2) is 23.7 Å². The Bertz CT molecular complexity index is 644. The van der Waals surface area contributed by atoms with Crippen LogP contribution in [0.5, 0.6) is 0 Å². The van der Waals surface area contributed by atoms with Gasteiger partial charge in [0, 0.05) is 42.5 Å². The summed E-state index contributed by atoms with van der Waals surface area (Å²) in [5.74, 6) is 1.05. The zero-order chi connectivity index (χ0) is 15.9. The van der Waals surface area contributed by atoms with Gasteiger partial charge in [-0.1, -0.05) is 38.7 Å². The van der Waals surface area contributed by atoms with Crippen molar-refractivity contribution in [2.75, 3.05) is 6.61 Å². The maximum Gasteiger partial charge on any atom is 0.223 e. The first-order chi connectivity index (χ1) is 11.4. The summed E-state index contributed by atoms with van der Waals surface area (Å²) >= 11 is 0. The standard InChI is InChI=1S/C19H23N3O/c1-2-3-4-5-7-16(15-8-6-9-20-10-15)14-23-19-18-13-21-11-17(18)12-22-19/h6,8-13,16H,2-5,7,14H2,1H3. The minimum atomic E-state index is 0.357. The molecule has 0 N–H and O–H groups in total. The van der Waals surface area contributed by atoms with E-state index < -0.39 is 0 Å². The van der Waals surface area contributed by atoms with E-state index in [1.54, 1.807) is 0 Å². The van der Waals surface area contributed by atoms with E-state index in [2.05, 4.69) is 28.0 Å². The van der Waals surface area contributed by atoms with Gasteiger partial charge in [-0.2, -0.15) is 0 Å². The Labute approximate surface area is 137 Å². The molecular formula is C19H23N3O. The molecule has 0 saturated heterocycles. The number of rotatable bonds is 8. The first-order valence-electron chi connectivity index (χ1n) is 8.43. The molecule has 120 valence electrons. The summed E-state index contributed by atoms with van der Waals surface area (Å²) < 4.78 is 6.01. The SMILES string of the molecule is CCCCCCC(COC1=NC=C2C=NC=C21)c1cccnc1. The number of aliphatic imine (C=N–C) groups is 2. The van der Waals surface area contributed by atoms with E-state index in [-0.39, 0.29) is 0 Å². The van der Waals surface area contributed by atoms with E-state index in [4.69, 9.17) is 4.74 Å². The molecule has 1 aromatic heterocycles. The van der Waals surface area contributed by atoms with Crippen LogP contribution in [0.15, 0.2) is 58.1 Å². The molecule has 0 aliphatic carbocycles. The van der Waals surface area contributed by atoms with E-state index in [1.165, 1.54) is 31.2 Å². The lowest BCUT2D eigenvalue weighted by Crippen LogP contribution is -2.14. The van der Waals surface area contributed by atoms with Crippen LogP contribution in [0.1, 0.15) is 50.5 Å². The Morgan fingerprint density at radius 2 is 2.13 bits per heavy atom. The van der Waals surface area contributed by atoms with Gasteiger partial charge in [-0.3, -0.25) is 9.98 Å². The Kier molecular flexibility index (Phi) is 5.35. The maximum absolute atomic E-state index is 6.01. The van der Waals surface area contributed by atoms with Crippen LogP contribution in [0, 0.1) is 0 Å². The molecule has 1 atom stereocenters. The minimum Gasteiger partial charge on any atom is -0.477 e. The van der Waals surface area contributed by atoms with Crippen molar-refractivity contribution in [1.82, 2.24) is 4.98 Å². The average Bonchev–Trinajstić information content (AvgIpc) is 3.19. The molecule has 3 rings (SSSR count). The lowest BCUT2D eigenvalue weighted by Gasteiger charge is -2.18. The highest BCUT2D eigenvalue weighted by atomic mass is 16.5. The summed E-state index contributed by atoms with van der Waals surface area (Å²) in [4.78, 5) is 12.8. The molecule has 0 amide bonds. The highest BCUT2D eigenvalue weighted by Crippen LogP contribution is 2.26. The highest BCUT2D eigenvalue weighted by molar-refractivity contribution is 6.11. The fourth-order valence-corrected chi connectivity index (χ4v) is 2.89. The Morgan fingerprint density at radius 3 is 2.96 bits per heavy atom. The largest absolute Gasteiger partial charge is 0.477 e. The maximum atomic E-state index is 6.01. The zero-order valence-electron chi connectivity index (χ0n) is 13.6. The molecule has 2 aliphatic rings. The number of pyridine rings is 1. The van der Waals surface area contributed by atoms with Crippen LogP contribution >= 0.6 is 0 Å². The normalized spacial score (nSPS) is 16.7. The molecule has 0 aromatic carbocycles. The van der Waals surface area contributed by atoms with Gasteiger partial charge in [-0.05, 0) is 18.1 Å². The summed E-state index contributed by atoms with van der Waals surface area (Å²) in [5.41, 5.74) is 3.29. The van der Waals surface area contributed by atoms with Crippen molar-refractivity contribution in [3.05, 3.63) is 53.6 Å². The number of aromatic nitrogens is 1. The third kappa shape index (κ3) is 3.95. The van der Waals surface area contributed by atoms with Gasteiger partial charge in [0.1, 0.15) is 0 Å². The van der Waals surface area contributed by atoms with Gasteiger partial charge in [-0.25, -0.2) is 4.99 Å². The topological polar surface area (TPSA) is 46.8 Å². The van der Waals surface area contributed by atoms with E-state index >= 15 is 0 Å². The van der Waals surface area contributed by atoms with Crippen LogP contribution < -0.4 is 0 Å². The molecular weight excluding hydrogens is 286 g/mol. The molecule has 4 heteroatoms. The molecule has 0 saturated carbocycles. The number of hydrogen-bond donors (Lipinski definition) is 0. The van der Waals surface area contributed by atoms with Gasteiger partial charge in [0.15, 0.2) is 0 Å². The van der Waals surface area contributed by atoms with Crippen molar-refractivity contribution in [3.8, 4) is 0 Å². The van der Waals surface area contributed by atoms with E-state index in [1.807, 2.05) is 37.1 Å². The fourth-order valence-electron chi connectivity index (χ4n) is 2.89. The Morgan fingerprint density at radius 1 is 1.17 bits per heavy atom. The summed E-state index contributed by atoms with van der Waals surface area (Å²) in [6, 6.07) is 4.13. The van der Waals surface area contributed by atoms with Crippen LogP contribution in [0.2, 0.25) is 0 Å². The van der Waals surface area contributed by atoms with E-state index in [0.29, 0.717) is 18.4 Å². The second kappa shape index (κ2) is 7.86. The van der Waals surface area contributed by atoms with Gasteiger partial charge in [0.25, 0.3) is 0 Å². The smallest absolute Gasteiger partial charge is 0.223 e. The molecule has 1 aromatic rings. The second-order valence-corrected chi connectivity index (χ2v) is 5.98. The van der Waals surface area contributed by atoms with Crippen molar-refractivity contribution in [2.45, 2.75) is 44.9 Å². The third-order valence-electron chi connectivity index (χ3n) is 4.26. The molecule has 0 fully saturated rings. The van der Waals surface area contributed by atoms with Crippen molar-refractivity contribution in [2.24, 2.45) is 9.98 Å². The summed E-state index contributed by atoms with van der Waals surface area (Å²) in [7, 11) is 0. The second-order valence-electron chi connectivity index (χ2n) is 5.98. The summed E-state index contributed by atoms with van der Waals surface area (Å²) in [6.07, 6.45) is 15.4.